The summed E-state index contributed by atoms with van der Waals surface area (Å²) in [5, 5.41) is 7.66. The van der Waals surface area contributed by atoms with Gasteiger partial charge in [0.2, 0.25) is 5.89 Å². The first-order valence-electron chi connectivity index (χ1n) is 5.05. The Bertz CT molecular complexity index is 518. The Labute approximate surface area is 111 Å². The molecule has 0 spiro atoms. The van der Waals surface area contributed by atoms with Crippen molar-refractivity contribution in [3.05, 3.63) is 34.4 Å². The minimum atomic E-state index is -0.403. The molecule has 2 rings (SSSR count). The second-order valence-corrected chi connectivity index (χ2v) is 4.63. The molecule has 0 radical (unpaired) electrons. The van der Waals surface area contributed by atoms with Crippen LogP contribution in [0.2, 0.25) is 0 Å². The van der Waals surface area contributed by atoms with Gasteiger partial charge in [-0.25, -0.2) is 4.39 Å². The van der Waals surface area contributed by atoms with Crippen LogP contribution in [0, 0.1) is 5.82 Å². The predicted molar refractivity (Wildman–Crippen MR) is 66.4 cm³/mol. The SMILES string of the molecule is Fc1c(Br)cccc1-c1nnc(CCCCl)o1. The first kappa shape index (κ1) is 12.5. The third-order valence-corrected chi connectivity index (χ3v) is 3.05. The Balaban J connectivity index is 2.27. The largest absolute Gasteiger partial charge is 0.421 e. The van der Waals surface area contributed by atoms with Crippen LogP contribution in [0.1, 0.15) is 12.3 Å². The Morgan fingerprint density at radius 2 is 2.18 bits per heavy atom. The summed E-state index contributed by atoms with van der Waals surface area (Å²) in [5.41, 5.74) is 0.295. The maximum Gasteiger partial charge on any atom is 0.250 e. The van der Waals surface area contributed by atoms with E-state index in [1.54, 1.807) is 18.2 Å². The summed E-state index contributed by atoms with van der Waals surface area (Å²) in [7, 11) is 0. The zero-order valence-corrected chi connectivity index (χ0v) is 11.1. The lowest BCUT2D eigenvalue weighted by Crippen LogP contribution is -1.85. The van der Waals surface area contributed by atoms with Gasteiger partial charge in [-0.1, -0.05) is 6.07 Å². The van der Waals surface area contributed by atoms with Crippen LogP contribution < -0.4 is 0 Å². The molecule has 0 aliphatic rings. The standard InChI is InChI=1S/C11H9BrClFN2O/c12-8-4-1-3-7(10(8)14)11-16-15-9(17-11)5-2-6-13/h1,3-4H,2,5-6H2. The second-order valence-electron chi connectivity index (χ2n) is 3.39. The molecule has 0 fully saturated rings. The summed E-state index contributed by atoms with van der Waals surface area (Å²) in [6, 6.07) is 4.92. The van der Waals surface area contributed by atoms with Crippen molar-refractivity contribution in [1.29, 1.82) is 0 Å². The summed E-state index contributed by atoms with van der Waals surface area (Å²) in [5.74, 6) is 0.789. The number of hydrogen-bond donors (Lipinski definition) is 0. The van der Waals surface area contributed by atoms with E-state index in [9.17, 15) is 4.39 Å². The predicted octanol–water partition coefficient (Wildman–Crippen LogP) is 3.81. The van der Waals surface area contributed by atoms with Crippen LogP contribution in [0.5, 0.6) is 0 Å². The average molecular weight is 320 g/mol. The molecule has 6 heteroatoms. The van der Waals surface area contributed by atoms with Gasteiger partial charge >= 0.3 is 0 Å². The van der Waals surface area contributed by atoms with Gasteiger partial charge in [0.15, 0.2) is 0 Å². The van der Waals surface area contributed by atoms with Crippen molar-refractivity contribution in [3.8, 4) is 11.5 Å². The van der Waals surface area contributed by atoms with Crippen molar-refractivity contribution >= 4 is 27.5 Å². The molecule has 0 saturated carbocycles. The summed E-state index contributed by atoms with van der Waals surface area (Å²) < 4.78 is 19.5. The number of rotatable bonds is 4. The average Bonchev–Trinajstić information content (AvgIpc) is 2.78. The van der Waals surface area contributed by atoms with E-state index in [1.165, 1.54) is 0 Å². The monoisotopic (exact) mass is 318 g/mol. The molecule has 1 aromatic carbocycles. The molecule has 0 amide bonds. The summed E-state index contributed by atoms with van der Waals surface area (Å²) >= 11 is 8.67. The fraction of sp³-hybridized carbons (Fsp3) is 0.273. The van der Waals surface area contributed by atoms with Crippen molar-refractivity contribution in [3.63, 3.8) is 0 Å². The fourth-order valence-electron chi connectivity index (χ4n) is 1.35. The maximum absolute atomic E-state index is 13.8. The summed E-state index contributed by atoms with van der Waals surface area (Å²) in [4.78, 5) is 0. The van der Waals surface area contributed by atoms with Gasteiger partial charge in [0.05, 0.1) is 10.0 Å². The van der Waals surface area contributed by atoms with E-state index in [2.05, 4.69) is 26.1 Å². The van der Waals surface area contributed by atoms with Gasteiger partial charge in [0.25, 0.3) is 5.89 Å². The number of nitrogens with zero attached hydrogens (tertiary/aromatic N) is 2. The van der Waals surface area contributed by atoms with Crippen LogP contribution in [0.3, 0.4) is 0 Å². The number of aryl methyl sites for hydroxylation is 1. The van der Waals surface area contributed by atoms with Crippen LogP contribution in [-0.2, 0) is 6.42 Å². The molecule has 1 aromatic heterocycles. The molecule has 2 aromatic rings. The molecular formula is C11H9BrClFN2O. The number of alkyl halides is 1. The topological polar surface area (TPSA) is 38.9 Å². The molecule has 0 saturated heterocycles. The zero-order valence-electron chi connectivity index (χ0n) is 8.79. The van der Waals surface area contributed by atoms with Crippen molar-refractivity contribution in [1.82, 2.24) is 10.2 Å². The lowest BCUT2D eigenvalue weighted by atomic mass is 10.2. The van der Waals surface area contributed by atoms with E-state index in [-0.39, 0.29) is 5.89 Å². The Morgan fingerprint density at radius 1 is 1.35 bits per heavy atom. The van der Waals surface area contributed by atoms with Crippen LogP contribution in [0.4, 0.5) is 4.39 Å². The summed E-state index contributed by atoms with van der Waals surface area (Å²) in [6.45, 7) is 0. The van der Waals surface area contributed by atoms with E-state index < -0.39 is 5.82 Å². The molecule has 90 valence electrons. The van der Waals surface area contributed by atoms with Crippen molar-refractivity contribution < 1.29 is 8.81 Å². The molecule has 0 unspecified atom stereocenters. The van der Waals surface area contributed by atoms with Gasteiger partial charge in [-0.15, -0.1) is 21.8 Å². The quantitative estimate of drug-likeness (QED) is 0.804. The highest BCUT2D eigenvalue weighted by molar-refractivity contribution is 9.10. The number of halogens is 3. The number of hydrogen-bond acceptors (Lipinski definition) is 3. The Morgan fingerprint density at radius 3 is 2.94 bits per heavy atom. The molecule has 17 heavy (non-hydrogen) atoms. The highest BCUT2D eigenvalue weighted by Gasteiger charge is 2.14. The molecule has 0 N–H and O–H groups in total. The molecule has 1 heterocycles. The van der Waals surface area contributed by atoms with E-state index in [0.717, 1.165) is 6.42 Å². The number of aromatic nitrogens is 2. The first-order chi connectivity index (χ1) is 8.22. The zero-order chi connectivity index (χ0) is 12.3. The van der Waals surface area contributed by atoms with Crippen LogP contribution >= 0.6 is 27.5 Å². The van der Waals surface area contributed by atoms with Gasteiger partial charge in [-0.05, 0) is 34.5 Å². The van der Waals surface area contributed by atoms with Crippen LogP contribution in [0.15, 0.2) is 27.1 Å². The van der Waals surface area contributed by atoms with Crippen molar-refractivity contribution in [2.24, 2.45) is 0 Å². The van der Waals surface area contributed by atoms with Crippen LogP contribution in [-0.4, -0.2) is 16.1 Å². The fourth-order valence-corrected chi connectivity index (χ4v) is 1.85. The minimum Gasteiger partial charge on any atom is -0.421 e. The Kier molecular flexibility index (Phi) is 4.12. The third kappa shape index (κ3) is 2.84. The van der Waals surface area contributed by atoms with Gasteiger partial charge in [-0.2, -0.15) is 0 Å². The van der Waals surface area contributed by atoms with E-state index in [1.807, 2.05) is 0 Å². The molecule has 0 aliphatic carbocycles. The molecule has 3 nitrogen and oxygen atoms in total. The first-order valence-corrected chi connectivity index (χ1v) is 6.38. The maximum atomic E-state index is 13.8. The number of benzene rings is 1. The van der Waals surface area contributed by atoms with Gasteiger partial charge in [0.1, 0.15) is 5.82 Å². The second kappa shape index (κ2) is 5.60. The molecule has 0 bridgehead atoms. The smallest absolute Gasteiger partial charge is 0.250 e. The third-order valence-electron chi connectivity index (χ3n) is 2.17. The highest BCUT2D eigenvalue weighted by atomic mass is 79.9. The van der Waals surface area contributed by atoms with Crippen LogP contribution in [0.25, 0.3) is 11.5 Å². The Hall–Kier alpha value is -0.940. The normalized spacial score (nSPS) is 10.8. The van der Waals surface area contributed by atoms with Crippen molar-refractivity contribution in [2.75, 3.05) is 5.88 Å². The molecule has 0 atom stereocenters. The van der Waals surface area contributed by atoms with Gasteiger partial charge < -0.3 is 4.42 Å². The van der Waals surface area contributed by atoms with E-state index in [0.29, 0.717) is 28.2 Å². The molecular weight excluding hydrogens is 310 g/mol. The molecule has 0 aliphatic heterocycles. The van der Waals surface area contributed by atoms with Crippen molar-refractivity contribution in [2.45, 2.75) is 12.8 Å². The van der Waals surface area contributed by atoms with Gasteiger partial charge in [-0.3, -0.25) is 0 Å². The van der Waals surface area contributed by atoms with E-state index in [4.69, 9.17) is 16.0 Å². The summed E-state index contributed by atoms with van der Waals surface area (Å²) in [6.07, 6.45) is 1.36. The van der Waals surface area contributed by atoms with E-state index >= 15 is 0 Å². The minimum absolute atomic E-state index is 0.188. The lowest BCUT2D eigenvalue weighted by molar-refractivity contribution is 0.498. The highest BCUT2D eigenvalue weighted by Crippen LogP contribution is 2.26. The lowest BCUT2D eigenvalue weighted by Gasteiger charge is -1.98. The van der Waals surface area contributed by atoms with Gasteiger partial charge in [0, 0.05) is 12.3 Å².